The lowest BCUT2D eigenvalue weighted by molar-refractivity contribution is -0.144. The van der Waals surface area contributed by atoms with Crippen molar-refractivity contribution >= 4 is 5.97 Å². The average molecular weight is 296 g/mol. The van der Waals surface area contributed by atoms with Gasteiger partial charge in [-0.1, -0.05) is 19.0 Å². The third-order valence-corrected chi connectivity index (χ3v) is 3.76. The Balaban J connectivity index is 1.85. The highest BCUT2D eigenvalue weighted by Crippen LogP contribution is 2.15. The maximum Gasteiger partial charge on any atom is 0.320 e. The number of carboxylic acids is 1. The first kappa shape index (κ1) is 15.9. The standard InChI is InChI=1S/C14H24N4O3/c1-10(2)8-12(14(19)20)18-6-4-17(5-7-18)9-13-15-11(3)21-16-13/h10,12H,4-9H2,1-3H3,(H,19,20). The van der Waals surface area contributed by atoms with Crippen LogP contribution in [0.4, 0.5) is 0 Å². The molecule has 1 aromatic rings. The molecule has 1 N–H and O–H groups in total. The molecule has 0 aromatic carbocycles. The number of carboxylic acid groups (broad SMARTS) is 1. The number of hydrogen-bond acceptors (Lipinski definition) is 6. The number of hydrogen-bond donors (Lipinski definition) is 1. The molecule has 2 rings (SSSR count). The second kappa shape index (κ2) is 7.00. The molecule has 7 heteroatoms. The van der Waals surface area contributed by atoms with E-state index in [1.807, 2.05) is 0 Å². The SMILES string of the molecule is Cc1nc(CN2CCN(C(CC(C)C)C(=O)O)CC2)no1. The first-order valence-electron chi connectivity index (χ1n) is 7.44. The summed E-state index contributed by atoms with van der Waals surface area (Å²) in [5.41, 5.74) is 0. The topological polar surface area (TPSA) is 82.7 Å². The summed E-state index contributed by atoms with van der Waals surface area (Å²) < 4.78 is 4.96. The van der Waals surface area contributed by atoms with Crippen molar-refractivity contribution in [1.29, 1.82) is 0 Å². The molecule has 2 heterocycles. The first-order chi connectivity index (χ1) is 9.95. The normalized spacial score (nSPS) is 19.0. The summed E-state index contributed by atoms with van der Waals surface area (Å²) >= 11 is 0. The molecule has 21 heavy (non-hydrogen) atoms. The lowest BCUT2D eigenvalue weighted by Crippen LogP contribution is -2.52. The zero-order chi connectivity index (χ0) is 15.4. The molecule has 1 atom stereocenters. The van der Waals surface area contributed by atoms with Crippen molar-refractivity contribution in [3.8, 4) is 0 Å². The first-order valence-corrected chi connectivity index (χ1v) is 7.44. The van der Waals surface area contributed by atoms with Crippen molar-refractivity contribution in [3.63, 3.8) is 0 Å². The van der Waals surface area contributed by atoms with E-state index in [2.05, 4.69) is 33.8 Å². The van der Waals surface area contributed by atoms with E-state index in [1.165, 1.54) is 0 Å². The minimum absolute atomic E-state index is 0.375. The van der Waals surface area contributed by atoms with Gasteiger partial charge in [0.15, 0.2) is 5.82 Å². The fraction of sp³-hybridized carbons (Fsp3) is 0.786. The number of aromatic nitrogens is 2. The van der Waals surface area contributed by atoms with Crippen molar-refractivity contribution in [1.82, 2.24) is 19.9 Å². The number of carbonyl (C=O) groups is 1. The molecule has 1 aliphatic rings. The predicted molar refractivity (Wildman–Crippen MR) is 76.8 cm³/mol. The van der Waals surface area contributed by atoms with E-state index < -0.39 is 5.97 Å². The largest absolute Gasteiger partial charge is 0.480 e. The molecule has 0 aliphatic carbocycles. The molecule has 1 fully saturated rings. The van der Waals surface area contributed by atoms with Gasteiger partial charge in [-0.25, -0.2) is 0 Å². The van der Waals surface area contributed by atoms with Crippen molar-refractivity contribution in [2.24, 2.45) is 5.92 Å². The third kappa shape index (κ3) is 4.50. The molecule has 1 aliphatic heterocycles. The van der Waals surface area contributed by atoms with Crippen LogP contribution in [0.1, 0.15) is 32.0 Å². The van der Waals surface area contributed by atoms with Crippen LogP contribution in [0.5, 0.6) is 0 Å². The molecule has 0 spiro atoms. The Morgan fingerprint density at radius 1 is 1.33 bits per heavy atom. The van der Waals surface area contributed by atoms with Gasteiger partial charge in [0.25, 0.3) is 0 Å². The molecular weight excluding hydrogens is 272 g/mol. The van der Waals surface area contributed by atoms with E-state index in [9.17, 15) is 9.90 Å². The summed E-state index contributed by atoms with van der Waals surface area (Å²) in [6, 6.07) is -0.375. The van der Waals surface area contributed by atoms with Gasteiger partial charge in [-0.05, 0) is 12.3 Å². The van der Waals surface area contributed by atoms with E-state index in [4.69, 9.17) is 4.52 Å². The lowest BCUT2D eigenvalue weighted by Gasteiger charge is -2.37. The van der Waals surface area contributed by atoms with Crippen LogP contribution in [0.15, 0.2) is 4.52 Å². The van der Waals surface area contributed by atoms with Crippen molar-refractivity contribution in [3.05, 3.63) is 11.7 Å². The number of rotatable bonds is 6. The van der Waals surface area contributed by atoms with Gasteiger partial charge < -0.3 is 9.63 Å². The molecule has 0 saturated carbocycles. The Hall–Kier alpha value is -1.47. The Labute approximate surface area is 124 Å². The number of aryl methyl sites for hydroxylation is 1. The van der Waals surface area contributed by atoms with Crippen molar-refractivity contribution in [2.45, 2.75) is 39.8 Å². The van der Waals surface area contributed by atoms with E-state index >= 15 is 0 Å². The van der Waals surface area contributed by atoms with Gasteiger partial charge in [0.05, 0.1) is 6.54 Å². The fourth-order valence-corrected chi connectivity index (χ4v) is 2.69. The van der Waals surface area contributed by atoms with Gasteiger partial charge in [0.2, 0.25) is 5.89 Å². The molecule has 1 aromatic heterocycles. The molecule has 0 bridgehead atoms. The van der Waals surface area contributed by atoms with E-state index in [0.717, 1.165) is 26.2 Å². The van der Waals surface area contributed by atoms with Crippen LogP contribution in [0.2, 0.25) is 0 Å². The summed E-state index contributed by atoms with van der Waals surface area (Å²) in [6.07, 6.45) is 0.694. The summed E-state index contributed by atoms with van der Waals surface area (Å²) in [4.78, 5) is 19.9. The summed E-state index contributed by atoms with van der Waals surface area (Å²) in [5, 5.41) is 13.3. The van der Waals surface area contributed by atoms with Crippen LogP contribution in [0.3, 0.4) is 0 Å². The quantitative estimate of drug-likeness (QED) is 0.838. The average Bonchev–Trinajstić information content (AvgIpc) is 2.82. The van der Waals surface area contributed by atoms with Crippen LogP contribution < -0.4 is 0 Å². The molecule has 118 valence electrons. The summed E-state index contributed by atoms with van der Waals surface area (Å²) in [5.74, 6) is 0.932. The molecule has 7 nitrogen and oxygen atoms in total. The van der Waals surface area contributed by atoms with Gasteiger partial charge >= 0.3 is 5.97 Å². The van der Waals surface area contributed by atoms with Gasteiger partial charge in [0.1, 0.15) is 6.04 Å². The molecule has 0 radical (unpaired) electrons. The van der Waals surface area contributed by atoms with Gasteiger partial charge in [-0.2, -0.15) is 4.98 Å². The van der Waals surface area contributed by atoms with Crippen molar-refractivity contribution < 1.29 is 14.4 Å². The molecule has 0 amide bonds. The summed E-state index contributed by atoms with van der Waals surface area (Å²) in [6.45, 7) is 9.74. The molecular formula is C14H24N4O3. The minimum Gasteiger partial charge on any atom is -0.480 e. The highest BCUT2D eigenvalue weighted by molar-refractivity contribution is 5.73. The van der Waals surface area contributed by atoms with Crippen LogP contribution in [0, 0.1) is 12.8 Å². The van der Waals surface area contributed by atoms with Crippen LogP contribution in [-0.4, -0.2) is 63.2 Å². The highest BCUT2D eigenvalue weighted by Gasteiger charge is 2.29. The minimum atomic E-state index is -0.717. The Kier molecular flexibility index (Phi) is 5.30. The zero-order valence-electron chi connectivity index (χ0n) is 12.9. The fourth-order valence-electron chi connectivity index (χ4n) is 2.69. The second-order valence-electron chi connectivity index (χ2n) is 6.03. The van der Waals surface area contributed by atoms with Crippen molar-refractivity contribution in [2.75, 3.05) is 26.2 Å². The van der Waals surface area contributed by atoms with Gasteiger partial charge in [-0.3, -0.25) is 14.6 Å². The molecule has 1 unspecified atom stereocenters. The number of aliphatic carboxylic acids is 1. The van der Waals surface area contributed by atoms with Crippen LogP contribution in [0.25, 0.3) is 0 Å². The Bertz CT molecular complexity index is 467. The zero-order valence-corrected chi connectivity index (χ0v) is 12.9. The van der Waals surface area contributed by atoms with Gasteiger partial charge in [0, 0.05) is 33.1 Å². The summed E-state index contributed by atoms with van der Waals surface area (Å²) in [7, 11) is 0. The van der Waals surface area contributed by atoms with Crippen LogP contribution >= 0.6 is 0 Å². The molecule has 1 saturated heterocycles. The Morgan fingerprint density at radius 2 is 2.00 bits per heavy atom. The monoisotopic (exact) mass is 296 g/mol. The Morgan fingerprint density at radius 3 is 2.48 bits per heavy atom. The maximum atomic E-state index is 11.4. The predicted octanol–water partition coefficient (Wildman–Crippen LogP) is 0.995. The van der Waals surface area contributed by atoms with Crippen LogP contribution in [-0.2, 0) is 11.3 Å². The van der Waals surface area contributed by atoms with E-state index in [0.29, 0.717) is 30.6 Å². The van der Waals surface area contributed by atoms with Gasteiger partial charge in [-0.15, -0.1) is 0 Å². The highest BCUT2D eigenvalue weighted by atomic mass is 16.5. The lowest BCUT2D eigenvalue weighted by atomic mass is 10.0. The smallest absolute Gasteiger partial charge is 0.320 e. The number of nitrogens with zero attached hydrogens (tertiary/aromatic N) is 4. The van der Waals surface area contributed by atoms with E-state index in [-0.39, 0.29) is 6.04 Å². The van der Waals surface area contributed by atoms with E-state index in [1.54, 1.807) is 6.92 Å². The second-order valence-corrected chi connectivity index (χ2v) is 6.03. The maximum absolute atomic E-state index is 11.4. The third-order valence-electron chi connectivity index (χ3n) is 3.76. The number of piperazine rings is 1.